The minimum absolute atomic E-state index is 0.00372. The molecule has 0 saturated heterocycles. The van der Waals surface area contributed by atoms with E-state index in [1.165, 1.54) is 12.1 Å². The quantitative estimate of drug-likeness (QED) is 0.378. The SMILES string of the molecule is COC(=O)[C@@H](CSC[C@H](NC(=O)OCc1ccccc1)C(=O)O)NC(=O)c1c(Cl)cccc1Cl. The van der Waals surface area contributed by atoms with Crippen molar-refractivity contribution in [1.29, 1.82) is 0 Å². The van der Waals surface area contributed by atoms with Gasteiger partial charge in [-0.05, 0) is 17.7 Å². The molecule has 0 bridgehead atoms. The third-order valence-corrected chi connectivity index (χ3v) is 6.12. The molecule has 0 aliphatic rings. The van der Waals surface area contributed by atoms with Gasteiger partial charge in [0.25, 0.3) is 5.91 Å². The maximum Gasteiger partial charge on any atom is 0.408 e. The van der Waals surface area contributed by atoms with Crippen molar-refractivity contribution < 1.29 is 33.8 Å². The highest BCUT2D eigenvalue weighted by Gasteiger charge is 2.27. The van der Waals surface area contributed by atoms with Gasteiger partial charge in [-0.25, -0.2) is 14.4 Å². The number of halogens is 2. The van der Waals surface area contributed by atoms with E-state index in [1.807, 2.05) is 6.07 Å². The van der Waals surface area contributed by atoms with Crippen LogP contribution in [0.1, 0.15) is 15.9 Å². The minimum Gasteiger partial charge on any atom is -0.480 e. The van der Waals surface area contributed by atoms with Crippen molar-refractivity contribution in [2.45, 2.75) is 18.7 Å². The van der Waals surface area contributed by atoms with Gasteiger partial charge in [-0.2, -0.15) is 11.8 Å². The number of ether oxygens (including phenoxy) is 2. The summed E-state index contributed by atoms with van der Waals surface area (Å²) in [4.78, 5) is 48.3. The summed E-state index contributed by atoms with van der Waals surface area (Å²) in [6, 6.07) is 11.0. The summed E-state index contributed by atoms with van der Waals surface area (Å²) in [6.45, 7) is -0.0206. The first kappa shape index (κ1) is 27.3. The highest BCUT2D eigenvalue weighted by Crippen LogP contribution is 2.24. The number of amides is 2. The average Bonchev–Trinajstić information content (AvgIpc) is 2.81. The minimum atomic E-state index is -1.29. The van der Waals surface area contributed by atoms with Gasteiger partial charge in [-0.1, -0.05) is 59.6 Å². The number of methoxy groups -OCH3 is 1. The Hall–Kier alpha value is -2.95. The number of carboxylic acids is 1. The molecule has 34 heavy (non-hydrogen) atoms. The Morgan fingerprint density at radius 1 is 0.941 bits per heavy atom. The lowest BCUT2D eigenvalue weighted by Gasteiger charge is -2.19. The second kappa shape index (κ2) is 13.7. The highest BCUT2D eigenvalue weighted by atomic mass is 35.5. The van der Waals surface area contributed by atoms with Crippen LogP contribution in [0.4, 0.5) is 4.79 Å². The molecule has 2 atom stereocenters. The second-order valence-corrected chi connectivity index (χ2v) is 8.67. The fraction of sp³-hybridized carbons (Fsp3) is 0.273. The number of carbonyl (C=O) groups excluding carboxylic acids is 3. The van der Waals surface area contributed by atoms with Crippen LogP contribution in [-0.2, 0) is 25.7 Å². The Bertz CT molecular complexity index is 1000. The van der Waals surface area contributed by atoms with Crippen LogP contribution >= 0.6 is 35.0 Å². The molecular formula is C22H22Cl2N2O7S. The van der Waals surface area contributed by atoms with E-state index in [1.54, 1.807) is 30.3 Å². The predicted octanol–water partition coefficient (Wildman–Crippen LogP) is 3.38. The van der Waals surface area contributed by atoms with Crippen molar-refractivity contribution in [3.05, 3.63) is 69.7 Å². The van der Waals surface area contributed by atoms with E-state index in [0.29, 0.717) is 0 Å². The third kappa shape index (κ3) is 8.44. The lowest BCUT2D eigenvalue weighted by Crippen LogP contribution is -2.45. The van der Waals surface area contributed by atoms with Gasteiger partial charge in [0.1, 0.15) is 18.7 Å². The largest absolute Gasteiger partial charge is 0.480 e. The summed E-state index contributed by atoms with van der Waals surface area (Å²) in [7, 11) is 1.15. The first-order valence-corrected chi connectivity index (χ1v) is 11.7. The number of carboxylic acid groups (broad SMARTS) is 1. The molecule has 3 N–H and O–H groups in total. The Labute approximate surface area is 210 Å². The van der Waals surface area contributed by atoms with Gasteiger partial charge >= 0.3 is 18.0 Å². The van der Waals surface area contributed by atoms with E-state index in [9.17, 15) is 24.3 Å². The molecule has 2 amide bonds. The molecule has 0 aliphatic carbocycles. The van der Waals surface area contributed by atoms with E-state index in [4.69, 9.17) is 32.7 Å². The molecule has 9 nitrogen and oxygen atoms in total. The third-order valence-electron chi connectivity index (χ3n) is 4.35. The number of benzene rings is 2. The molecule has 0 aromatic heterocycles. The molecule has 0 saturated carbocycles. The van der Waals surface area contributed by atoms with Crippen molar-refractivity contribution in [2.75, 3.05) is 18.6 Å². The van der Waals surface area contributed by atoms with Gasteiger partial charge in [0.05, 0.1) is 22.7 Å². The van der Waals surface area contributed by atoms with Crippen LogP contribution in [-0.4, -0.2) is 59.7 Å². The summed E-state index contributed by atoms with van der Waals surface area (Å²) >= 11 is 13.1. The molecule has 182 valence electrons. The number of nitrogens with one attached hydrogen (secondary N) is 2. The molecule has 0 unspecified atom stereocenters. The molecular weight excluding hydrogens is 507 g/mol. The van der Waals surface area contributed by atoms with Crippen molar-refractivity contribution in [1.82, 2.24) is 10.6 Å². The smallest absolute Gasteiger partial charge is 0.408 e. The molecule has 2 aromatic carbocycles. The normalized spacial score (nSPS) is 12.2. The molecule has 2 aromatic rings. The van der Waals surface area contributed by atoms with Gasteiger partial charge in [0.15, 0.2) is 0 Å². The number of alkyl carbamates (subject to hydrolysis) is 1. The zero-order valence-corrected chi connectivity index (χ0v) is 20.3. The molecule has 12 heteroatoms. The van der Waals surface area contributed by atoms with Gasteiger partial charge in [-0.3, -0.25) is 4.79 Å². The summed E-state index contributed by atoms with van der Waals surface area (Å²) in [5.41, 5.74) is 0.741. The Morgan fingerprint density at radius 3 is 2.15 bits per heavy atom. The predicted molar refractivity (Wildman–Crippen MR) is 128 cm³/mol. The second-order valence-electron chi connectivity index (χ2n) is 6.78. The van der Waals surface area contributed by atoms with E-state index in [0.717, 1.165) is 24.4 Å². The fourth-order valence-corrected chi connectivity index (χ4v) is 4.26. The maximum atomic E-state index is 12.6. The zero-order valence-electron chi connectivity index (χ0n) is 18.0. The monoisotopic (exact) mass is 528 g/mol. The summed E-state index contributed by atoms with van der Waals surface area (Å²) in [5, 5.41) is 14.4. The number of hydrogen-bond acceptors (Lipinski definition) is 7. The number of rotatable bonds is 11. The molecule has 0 radical (unpaired) electrons. The van der Waals surface area contributed by atoms with Crippen molar-refractivity contribution >= 4 is 58.9 Å². The van der Waals surface area contributed by atoms with Gasteiger partial charge < -0.3 is 25.2 Å². The van der Waals surface area contributed by atoms with Gasteiger partial charge in [-0.15, -0.1) is 0 Å². The number of esters is 1. The number of thioether (sulfide) groups is 1. The lowest BCUT2D eigenvalue weighted by molar-refractivity contribution is -0.142. The standard InChI is InChI=1S/C22H22Cl2N2O7S/c1-32-21(30)17(25-19(27)18-14(23)8-5-9-15(18)24)12-34-11-16(20(28)29)26-22(31)33-10-13-6-3-2-4-7-13/h2-9,16-17H,10-12H2,1H3,(H,25,27)(H,26,31)(H,28,29)/t16-,17+/m0/s1. The van der Waals surface area contributed by atoms with E-state index in [-0.39, 0.29) is 33.7 Å². The number of aliphatic carboxylic acids is 1. The van der Waals surface area contributed by atoms with Crippen LogP contribution in [0.3, 0.4) is 0 Å². The fourth-order valence-electron chi connectivity index (χ4n) is 2.64. The van der Waals surface area contributed by atoms with Crippen molar-refractivity contribution in [3.8, 4) is 0 Å². The van der Waals surface area contributed by atoms with E-state index >= 15 is 0 Å². The topological polar surface area (TPSA) is 131 Å². The van der Waals surface area contributed by atoms with Gasteiger partial charge in [0, 0.05) is 11.5 Å². The maximum absolute atomic E-state index is 12.6. The van der Waals surface area contributed by atoms with Crippen LogP contribution in [0.15, 0.2) is 48.5 Å². The molecule has 0 heterocycles. The van der Waals surface area contributed by atoms with Crippen LogP contribution in [0.25, 0.3) is 0 Å². The Balaban J connectivity index is 1.92. The van der Waals surface area contributed by atoms with Crippen LogP contribution in [0.2, 0.25) is 10.0 Å². The van der Waals surface area contributed by atoms with E-state index in [2.05, 4.69) is 10.6 Å². The number of carbonyl (C=O) groups is 4. The Morgan fingerprint density at radius 2 is 1.56 bits per heavy atom. The molecule has 2 rings (SSSR count). The summed E-state index contributed by atoms with van der Waals surface area (Å²) in [6.07, 6.45) is -0.900. The zero-order chi connectivity index (χ0) is 25.1. The van der Waals surface area contributed by atoms with Gasteiger partial charge in [0.2, 0.25) is 0 Å². The highest BCUT2D eigenvalue weighted by molar-refractivity contribution is 7.99. The summed E-state index contributed by atoms with van der Waals surface area (Å²) in [5.74, 6) is -2.86. The van der Waals surface area contributed by atoms with Crippen LogP contribution in [0.5, 0.6) is 0 Å². The van der Waals surface area contributed by atoms with Crippen LogP contribution < -0.4 is 10.6 Å². The average molecular weight is 529 g/mol. The number of hydrogen-bond donors (Lipinski definition) is 3. The van der Waals surface area contributed by atoms with Crippen LogP contribution in [0, 0.1) is 0 Å². The molecule has 0 aliphatic heterocycles. The Kier molecular flexibility index (Phi) is 11.0. The summed E-state index contributed by atoms with van der Waals surface area (Å²) < 4.78 is 9.75. The lowest BCUT2D eigenvalue weighted by atomic mass is 10.2. The van der Waals surface area contributed by atoms with Crippen molar-refractivity contribution in [3.63, 3.8) is 0 Å². The van der Waals surface area contributed by atoms with E-state index < -0.39 is 36.0 Å². The molecule has 0 spiro atoms. The first-order valence-electron chi connectivity index (χ1n) is 9.83. The van der Waals surface area contributed by atoms with Crippen molar-refractivity contribution in [2.24, 2.45) is 0 Å². The molecule has 0 fully saturated rings. The first-order chi connectivity index (χ1) is 16.2.